The van der Waals surface area contributed by atoms with Crippen LogP contribution in [0.1, 0.15) is 27.9 Å². The van der Waals surface area contributed by atoms with Gasteiger partial charge in [-0.05, 0) is 61.4 Å². The Bertz CT molecular complexity index is 2010. The summed E-state index contributed by atoms with van der Waals surface area (Å²) in [6.07, 6.45) is 3.96. The van der Waals surface area contributed by atoms with Crippen molar-refractivity contribution in [3.8, 4) is 16.9 Å². The highest BCUT2D eigenvalue weighted by Crippen LogP contribution is 2.28. The highest BCUT2D eigenvalue weighted by molar-refractivity contribution is 7.15. The molecule has 9 heteroatoms. The van der Waals surface area contributed by atoms with Crippen molar-refractivity contribution in [3.05, 3.63) is 137 Å². The third kappa shape index (κ3) is 4.92. The van der Waals surface area contributed by atoms with Crippen molar-refractivity contribution in [3.63, 3.8) is 0 Å². The van der Waals surface area contributed by atoms with Crippen LogP contribution in [-0.4, -0.2) is 24.4 Å². The fourth-order valence-corrected chi connectivity index (χ4v) is 5.42. The van der Waals surface area contributed by atoms with Gasteiger partial charge in [-0.25, -0.2) is 4.68 Å². The zero-order valence-electron chi connectivity index (χ0n) is 21.1. The van der Waals surface area contributed by atoms with Crippen molar-refractivity contribution in [2.45, 2.75) is 20.3 Å². The summed E-state index contributed by atoms with van der Waals surface area (Å²) < 4.78 is 3.43. The number of rotatable bonds is 5. The first-order valence-corrected chi connectivity index (χ1v) is 13.5. The number of thiazole rings is 1. The normalized spacial score (nSPS) is 11.9. The fraction of sp³-hybridized carbons (Fsp3) is 0.100. The summed E-state index contributed by atoms with van der Waals surface area (Å²) in [5.41, 5.74) is 5.88. The number of halogens is 1. The zero-order chi connectivity index (χ0) is 27.1. The average molecular weight is 552 g/mol. The third-order valence-electron chi connectivity index (χ3n) is 6.43. The summed E-state index contributed by atoms with van der Waals surface area (Å²) in [5.74, 6) is 0. The maximum atomic E-state index is 13.4. The highest BCUT2D eigenvalue weighted by atomic mass is 35.5. The smallest absolute Gasteiger partial charge is 0.266 e. The van der Waals surface area contributed by atoms with Crippen LogP contribution in [0.2, 0.25) is 5.02 Å². The number of benzene rings is 3. The van der Waals surface area contributed by atoms with E-state index in [-0.39, 0.29) is 22.6 Å². The van der Waals surface area contributed by atoms with Crippen molar-refractivity contribution in [1.29, 1.82) is 0 Å². The van der Waals surface area contributed by atoms with E-state index in [1.54, 1.807) is 18.2 Å². The molecule has 3 aromatic heterocycles. The Labute approximate surface area is 232 Å². The van der Waals surface area contributed by atoms with Gasteiger partial charge in [0.25, 0.3) is 11.1 Å². The lowest BCUT2D eigenvalue weighted by atomic mass is 10.0. The van der Waals surface area contributed by atoms with E-state index in [1.807, 2.05) is 67.2 Å². The maximum absolute atomic E-state index is 13.4. The minimum atomic E-state index is -0.453. The van der Waals surface area contributed by atoms with Gasteiger partial charge in [0, 0.05) is 28.8 Å². The number of fused-ring (bicyclic) bond motifs is 1. The van der Waals surface area contributed by atoms with Crippen LogP contribution in [0.25, 0.3) is 28.0 Å². The zero-order valence-corrected chi connectivity index (χ0v) is 22.7. The van der Waals surface area contributed by atoms with Crippen LogP contribution in [0.3, 0.4) is 0 Å². The minimum Gasteiger partial charge on any atom is -0.266 e. The molecule has 3 heterocycles. The third-order valence-corrected chi connectivity index (χ3v) is 7.64. The molecule has 0 bridgehead atoms. The molecule has 0 saturated heterocycles. The van der Waals surface area contributed by atoms with E-state index in [0.29, 0.717) is 9.55 Å². The van der Waals surface area contributed by atoms with Crippen LogP contribution >= 0.6 is 22.9 Å². The van der Waals surface area contributed by atoms with Crippen LogP contribution in [0.4, 0.5) is 0 Å². The van der Waals surface area contributed by atoms with E-state index >= 15 is 0 Å². The van der Waals surface area contributed by atoms with E-state index < -0.39 is 5.56 Å². The molecule has 0 saturated carbocycles. The number of hydrogen-bond acceptors (Lipinski definition) is 6. The van der Waals surface area contributed by atoms with Gasteiger partial charge < -0.3 is 0 Å². The highest BCUT2D eigenvalue weighted by Gasteiger charge is 2.16. The van der Waals surface area contributed by atoms with Gasteiger partial charge in [-0.15, -0.1) is 0 Å². The molecule has 0 aliphatic heterocycles. The molecule has 6 aromatic rings. The predicted molar refractivity (Wildman–Crippen MR) is 155 cm³/mol. The molecule has 0 N–H and O–H groups in total. The Balaban J connectivity index is 1.50. The minimum absolute atomic E-state index is 0.198. The van der Waals surface area contributed by atoms with Crippen LogP contribution in [0.15, 0.2) is 88.6 Å². The Morgan fingerprint density at radius 3 is 2.49 bits per heavy atom. The molecule has 3 aromatic carbocycles. The molecule has 0 radical (unpaired) electrons. The largest absolute Gasteiger partial charge is 0.296 e. The molecule has 39 heavy (non-hydrogen) atoms. The van der Waals surface area contributed by atoms with Crippen molar-refractivity contribution in [2.75, 3.05) is 0 Å². The Morgan fingerprint density at radius 2 is 1.72 bits per heavy atom. The quantitative estimate of drug-likeness (QED) is 0.308. The monoisotopic (exact) mass is 551 g/mol. The van der Waals surface area contributed by atoms with Crippen LogP contribution < -0.4 is 15.7 Å². The van der Waals surface area contributed by atoms with Crippen molar-refractivity contribution in [1.82, 2.24) is 24.4 Å². The molecular weight excluding hydrogens is 530 g/mol. The van der Waals surface area contributed by atoms with Crippen LogP contribution in [0, 0.1) is 13.8 Å². The Hall–Kier alpha value is -4.40. The van der Waals surface area contributed by atoms with Crippen LogP contribution in [0.5, 0.6) is 0 Å². The van der Waals surface area contributed by atoms with Gasteiger partial charge in [0.15, 0.2) is 0 Å². The van der Waals surface area contributed by atoms with E-state index in [2.05, 4.69) is 28.3 Å². The van der Waals surface area contributed by atoms with Crippen molar-refractivity contribution >= 4 is 34.0 Å². The molecular formula is C30H22ClN5O2S. The predicted octanol–water partition coefficient (Wildman–Crippen LogP) is 4.77. The first-order chi connectivity index (χ1) is 18.9. The van der Waals surface area contributed by atoms with Crippen LogP contribution in [-0.2, 0) is 6.42 Å². The van der Waals surface area contributed by atoms with Crippen molar-refractivity contribution < 1.29 is 0 Å². The first kappa shape index (κ1) is 24.9. The second-order valence-corrected chi connectivity index (χ2v) is 10.8. The first-order valence-electron chi connectivity index (χ1n) is 12.3. The number of aryl methyl sites for hydroxylation is 2. The summed E-state index contributed by atoms with van der Waals surface area (Å²) in [6, 6.07) is 23.2. The van der Waals surface area contributed by atoms with Gasteiger partial charge in [0.2, 0.25) is 4.96 Å². The molecule has 192 valence electrons. The van der Waals surface area contributed by atoms with Crippen molar-refractivity contribution in [2.24, 2.45) is 0 Å². The molecule has 0 amide bonds. The summed E-state index contributed by atoms with van der Waals surface area (Å²) in [6.45, 7) is 4.08. The maximum Gasteiger partial charge on any atom is 0.296 e. The second kappa shape index (κ2) is 10.1. The fourth-order valence-electron chi connectivity index (χ4n) is 4.39. The number of aromatic nitrogens is 5. The summed E-state index contributed by atoms with van der Waals surface area (Å²) in [4.78, 5) is 30.6. The van der Waals surface area contributed by atoms with E-state index in [1.165, 1.54) is 4.52 Å². The molecule has 0 spiro atoms. The van der Waals surface area contributed by atoms with E-state index in [4.69, 9.17) is 16.7 Å². The van der Waals surface area contributed by atoms with Gasteiger partial charge >= 0.3 is 0 Å². The number of hydrogen-bond donors (Lipinski definition) is 0. The molecule has 0 atom stereocenters. The molecule has 0 unspecified atom stereocenters. The van der Waals surface area contributed by atoms with Gasteiger partial charge in [-0.2, -0.15) is 19.7 Å². The lowest BCUT2D eigenvalue weighted by Crippen LogP contribution is -2.28. The van der Waals surface area contributed by atoms with Gasteiger partial charge in [-0.3, -0.25) is 9.59 Å². The molecule has 7 nitrogen and oxygen atoms in total. The van der Waals surface area contributed by atoms with Gasteiger partial charge in [0.05, 0.1) is 10.2 Å². The number of nitrogens with zero attached hydrogens (tertiary/aromatic N) is 5. The van der Waals surface area contributed by atoms with Gasteiger partial charge in [-0.1, -0.05) is 71.0 Å². The van der Waals surface area contributed by atoms with Gasteiger partial charge in [0.1, 0.15) is 11.4 Å². The lowest BCUT2D eigenvalue weighted by Gasteiger charge is -2.05. The molecule has 0 aliphatic rings. The SMILES string of the molecule is Cc1ccc(C)c(-c2nn(-c3ccccc3)cc2/C=c2\sc3nc(=O)c(Cc4ccc(Cl)cc4)nn3c2=O)c1. The lowest BCUT2D eigenvalue weighted by molar-refractivity contribution is 0.811. The molecule has 6 rings (SSSR count). The summed E-state index contributed by atoms with van der Waals surface area (Å²) in [5, 5.41) is 9.89. The Morgan fingerprint density at radius 1 is 0.949 bits per heavy atom. The molecule has 0 fully saturated rings. The summed E-state index contributed by atoms with van der Waals surface area (Å²) in [7, 11) is 0. The number of para-hydroxylation sites is 1. The Kier molecular flexibility index (Phi) is 6.42. The molecule has 0 aliphatic carbocycles. The van der Waals surface area contributed by atoms with E-state index in [9.17, 15) is 9.59 Å². The standard InChI is InChI=1S/C30H22ClN5O2S/c1-18-8-9-19(2)24(14-18)27-21(17-35(34-27)23-6-4-3-5-7-23)16-26-29(38)36-30(39-26)32-28(37)25(33-36)15-20-10-12-22(31)13-11-20/h3-14,16-17H,15H2,1-2H3/b26-16-. The topological polar surface area (TPSA) is 82.2 Å². The average Bonchev–Trinajstić information content (AvgIpc) is 3.48. The van der Waals surface area contributed by atoms with E-state index in [0.717, 1.165) is 50.5 Å². The summed E-state index contributed by atoms with van der Waals surface area (Å²) >= 11 is 7.11. The second-order valence-electron chi connectivity index (χ2n) is 9.31.